The predicted molar refractivity (Wildman–Crippen MR) is 266 cm³/mol. The van der Waals surface area contributed by atoms with Crippen molar-refractivity contribution < 1.29 is 9.59 Å². The normalized spacial score (nSPS) is 20.8. The lowest BCUT2D eigenvalue weighted by atomic mass is 9.77. The predicted octanol–water partition coefficient (Wildman–Crippen LogP) is 9.29. The maximum Gasteiger partial charge on any atom is 0.294 e. The number of likely N-dealkylation sites (N-methyl/N-ethyl adjacent to an activating group) is 2. The lowest BCUT2D eigenvalue weighted by Crippen LogP contribution is -2.52. The second-order valence-corrected chi connectivity index (χ2v) is 20.4. The maximum atomic E-state index is 12.9. The topological polar surface area (TPSA) is 118 Å². The van der Waals surface area contributed by atoms with E-state index in [0.29, 0.717) is 35.5 Å². The molecule has 0 bridgehead atoms. The van der Waals surface area contributed by atoms with Gasteiger partial charge >= 0.3 is 0 Å². The summed E-state index contributed by atoms with van der Waals surface area (Å²) in [4.78, 5) is 56.8. The van der Waals surface area contributed by atoms with Crippen molar-refractivity contribution >= 4 is 40.0 Å². The number of hydrogen-bond donors (Lipinski definition) is 2. The van der Waals surface area contributed by atoms with E-state index in [0.717, 1.165) is 119 Å². The number of amides is 2. The van der Waals surface area contributed by atoms with Crippen molar-refractivity contribution in [2.45, 2.75) is 110 Å². The quantitative estimate of drug-likeness (QED) is 0.227. The second-order valence-electron chi connectivity index (χ2n) is 20.4. The molecule has 5 heterocycles. The molecule has 0 saturated carbocycles. The first kappa shape index (κ1) is 48.4. The molecule has 2 N–H and O–H groups in total. The second kappa shape index (κ2) is 20.5. The molecule has 6 aliphatic rings. The molecular formula is C53H69N11O2. The van der Waals surface area contributed by atoms with Gasteiger partial charge in [0, 0.05) is 64.4 Å². The fourth-order valence-electron chi connectivity index (χ4n) is 9.47. The highest BCUT2D eigenvalue weighted by Gasteiger charge is 2.35. The van der Waals surface area contributed by atoms with E-state index in [1.165, 1.54) is 17.6 Å². The number of anilines is 2. The van der Waals surface area contributed by atoms with Gasteiger partial charge in [-0.05, 0) is 140 Å². The first-order valence-electron chi connectivity index (χ1n) is 23.8. The van der Waals surface area contributed by atoms with E-state index in [1.54, 1.807) is 18.2 Å². The van der Waals surface area contributed by atoms with Gasteiger partial charge in [-0.15, -0.1) is 4.99 Å². The Balaban J connectivity index is 0.000000197. The standard InChI is InChI=1S/C27H36N6O.C26H33N5O/c1-26(2)13-11-19(12-14-26)24-20(30-25(34)21-8-10-23(28-5)29-21)7-9-22(31-24)27(3,4)33-17-15-32(6)16-18-33;1-26(2,31-16-14-30(4)15-17-31)23-13-12-22(24(29-23)19-8-6-5-7-9-19)28-25(32)20-10-11-21(18-20)27-3/h7,9-11H,8,12-18H2,1-4,6H3,(H,30,34);8,11-13,18H,5-7,9-10,14-17H2,1-2,4H3,(H,28,32). The van der Waals surface area contributed by atoms with Gasteiger partial charge in [-0.25, -0.2) is 14.8 Å². The van der Waals surface area contributed by atoms with Gasteiger partial charge < -0.3 is 25.3 Å². The van der Waals surface area contributed by atoms with Crippen molar-refractivity contribution in [3.05, 3.63) is 117 Å². The number of carbonyl (C=O) groups excluding carboxylic acids is 2. The van der Waals surface area contributed by atoms with Crippen LogP contribution in [0.1, 0.15) is 122 Å². The Morgan fingerprint density at radius 3 is 1.71 bits per heavy atom. The first-order valence-corrected chi connectivity index (χ1v) is 23.8. The molecule has 2 amide bonds. The van der Waals surface area contributed by atoms with Crippen molar-refractivity contribution in [3.8, 4) is 0 Å². The number of allylic oxidation sites excluding steroid dienone is 7. The molecule has 66 heavy (non-hydrogen) atoms. The zero-order chi connectivity index (χ0) is 47.2. The van der Waals surface area contributed by atoms with Crippen molar-refractivity contribution in [1.29, 1.82) is 0 Å². The Bertz CT molecular complexity index is 2460. The van der Waals surface area contributed by atoms with E-state index in [2.05, 4.69) is 119 Å². The van der Waals surface area contributed by atoms with Crippen LogP contribution in [0, 0.1) is 18.6 Å². The van der Waals surface area contributed by atoms with Crippen molar-refractivity contribution in [2.24, 2.45) is 10.4 Å². The van der Waals surface area contributed by atoms with Crippen LogP contribution in [0.25, 0.3) is 20.8 Å². The Morgan fingerprint density at radius 2 is 1.24 bits per heavy atom. The number of piperazine rings is 2. The summed E-state index contributed by atoms with van der Waals surface area (Å²) in [5, 5.41) is 6.14. The molecule has 3 aliphatic carbocycles. The number of hydrogen-bond acceptors (Lipinski definition) is 9. The fourth-order valence-corrected chi connectivity index (χ4v) is 9.47. The van der Waals surface area contributed by atoms with Gasteiger partial charge in [-0.1, -0.05) is 44.7 Å². The lowest BCUT2D eigenvalue weighted by molar-refractivity contribution is -0.113. The smallest absolute Gasteiger partial charge is 0.294 e. The molecule has 13 nitrogen and oxygen atoms in total. The average Bonchev–Trinajstić information content (AvgIpc) is 4.01. The van der Waals surface area contributed by atoms with E-state index < -0.39 is 0 Å². The van der Waals surface area contributed by atoms with Gasteiger partial charge in [0.1, 0.15) is 0 Å². The van der Waals surface area contributed by atoms with Crippen molar-refractivity contribution in [1.82, 2.24) is 29.6 Å². The summed E-state index contributed by atoms with van der Waals surface area (Å²) in [7, 11) is 4.34. The molecule has 0 unspecified atom stereocenters. The van der Waals surface area contributed by atoms with Crippen LogP contribution in [0.2, 0.25) is 0 Å². The van der Waals surface area contributed by atoms with Gasteiger partial charge in [0.15, 0.2) is 11.4 Å². The van der Waals surface area contributed by atoms with Crippen LogP contribution in [-0.2, 0) is 20.7 Å². The zero-order valence-electron chi connectivity index (χ0n) is 40.6. The highest BCUT2D eigenvalue weighted by molar-refractivity contribution is 6.44. The minimum atomic E-state index is -0.263. The molecule has 0 atom stereocenters. The Hall–Kier alpha value is -5.57. The number of nitrogens with zero attached hydrogens (tertiary/aromatic N) is 9. The van der Waals surface area contributed by atoms with Gasteiger partial charge in [-0.2, -0.15) is 0 Å². The molecule has 348 valence electrons. The largest absolute Gasteiger partial charge is 0.361 e. The monoisotopic (exact) mass is 892 g/mol. The highest BCUT2D eigenvalue weighted by Crippen LogP contribution is 2.41. The minimum absolute atomic E-state index is 0.148. The number of aliphatic imine (C=N–C) groups is 1. The fraction of sp³-hybridized carbons (Fsp3) is 0.528. The molecule has 2 aromatic heterocycles. The number of carbonyl (C=O) groups is 2. The maximum absolute atomic E-state index is 12.9. The minimum Gasteiger partial charge on any atom is -0.361 e. The van der Waals surface area contributed by atoms with Crippen LogP contribution >= 0.6 is 0 Å². The third-order valence-electron chi connectivity index (χ3n) is 14.4. The van der Waals surface area contributed by atoms with E-state index >= 15 is 0 Å². The van der Waals surface area contributed by atoms with E-state index in [9.17, 15) is 9.59 Å². The van der Waals surface area contributed by atoms with E-state index in [4.69, 9.17) is 23.1 Å². The Morgan fingerprint density at radius 1 is 0.682 bits per heavy atom. The zero-order valence-corrected chi connectivity index (χ0v) is 40.6. The van der Waals surface area contributed by atoms with Crippen LogP contribution in [0.15, 0.2) is 76.7 Å². The van der Waals surface area contributed by atoms with Crippen LogP contribution in [-0.4, -0.2) is 114 Å². The Labute approximate surface area is 393 Å². The van der Waals surface area contributed by atoms with Crippen LogP contribution in [0.4, 0.5) is 11.4 Å². The highest BCUT2D eigenvalue weighted by atomic mass is 16.2. The summed E-state index contributed by atoms with van der Waals surface area (Å²) < 4.78 is 0. The Kier molecular flexibility index (Phi) is 15.0. The molecule has 3 aliphatic heterocycles. The van der Waals surface area contributed by atoms with Crippen LogP contribution < -0.4 is 10.6 Å². The summed E-state index contributed by atoms with van der Waals surface area (Å²) in [6.07, 6.45) is 18.0. The molecular weight excluding hydrogens is 823 g/mol. The summed E-state index contributed by atoms with van der Waals surface area (Å²) in [5.74, 6) is -0.129. The summed E-state index contributed by atoms with van der Waals surface area (Å²) in [5.41, 5.74) is 9.14. The number of aromatic nitrogens is 2. The molecule has 2 aromatic rings. The van der Waals surface area contributed by atoms with E-state index in [-0.39, 0.29) is 34.1 Å². The number of nitrogens with one attached hydrogen (secondary N) is 2. The molecule has 2 saturated heterocycles. The van der Waals surface area contributed by atoms with Gasteiger partial charge in [0.2, 0.25) is 0 Å². The van der Waals surface area contributed by atoms with E-state index in [1.807, 2.05) is 18.2 Å². The van der Waals surface area contributed by atoms with Crippen LogP contribution in [0.5, 0.6) is 0 Å². The first-order chi connectivity index (χ1) is 31.5. The van der Waals surface area contributed by atoms with Crippen molar-refractivity contribution in [3.63, 3.8) is 0 Å². The van der Waals surface area contributed by atoms with Gasteiger partial charge in [-0.3, -0.25) is 19.4 Å². The summed E-state index contributed by atoms with van der Waals surface area (Å²) in [6, 6.07) is 8.12. The summed E-state index contributed by atoms with van der Waals surface area (Å²) >= 11 is 0. The molecule has 0 spiro atoms. The molecule has 0 aromatic carbocycles. The van der Waals surface area contributed by atoms with Gasteiger partial charge in [0.05, 0.1) is 51.8 Å². The number of rotatable bonds is 10. The average molecular weight is 892 g/mol. The SMILES string of the molecule is [C-]#[N+]C1=CCC(C(=O)Nc2ccc(C(C)(C)N3CCN(C)CC3)nc2C2=CCC(C)(C)CC2)=N1.[C-]#[N+]C1=CCC(C(=O)Nc2ccc(C(C)(C)N3CCN(C)CC3)nc2C2=CCCCC2)=C1. The lowest BCUT2D eigenvalue weighted by Gasteiger charge is -2.43. The molecule has 2 fully saturated rings. The van der Waals surface area contributed by atoms with Gasteiger partial charge in [0.25, 0.3) is 17.6 Å². The third-order valence-corrected chi connectivity index (χ3v) is 14.4. The molecule has 13 heteroatoms. The molecule has 0 radical (unpaired) electrons. The molecule has 8 rings (SSSR count). The number of pyridine rings is 2. The van der Waals surface area contributed by atoms with Crippen LogP contribution in [0.3, 0.4) is 0 Å². The third kappa shape index (κ3) is 11.3. The summed E-state index contributed by atoms with van der Waals surface area (Å²) in [6.45, 7) is 36.1. The van der Waals surface area contributed by atoms with Crippen molar-refractivity contribution in [2.75, 3.05) is 77.1 Å².